The molecule has 1 saturated heterocycles. The van der Waals surface area contributed by atoms with E-state index in [2.05, 4.69) is 20.8 Å². The van der Waals surface area contributed by atoms with E-state index in [0.717, 1.165) is 5.56 Å². The highest BCUT2D eigenvalue weighted by Gasteiger charge is 2.39. The summed E-state index contributed by atoms with van der Waals surface area (Å²) in [6.45, 7) is 0.317. The van der Waals surface area contributed by atoms with E-state index in [1.165, 1.54) is 58.4 Å². The number of benzene rings is 3. The van der Waals surface area contributed by atoms with E-state index in [9.17, 15) is 23.9 Å². The number of carbonyl (C=O) groups is 3. The van der Waals surface area contributed by atoms with Crippen LogP contribution in [0.25, 0.3) is 11.8 Å². The molecule has 0 radical (unpaired) electrons. The maximum Gasteiger partial charge on any atom is 0.247 e. The summed E-state index contributed by atoms with van der Waals surface area (Å²) in [6.07, 6.45) is 5.58. The summed E-state index contributed by atoms with van der Waals surface area (Å²) in [7, 11) is 0. The van der Waals surface area contributed by atoms with Crippen molar-refractivity contribution in [2.24, 2.45) is 0 Å². The van der Waals surface area contributed by atoms with Gasteiger partial charge in [-0.3, -0.25) is 9.59 Å². The van der Waals surface area contributed by atoms with Crippen LogP contribution in [0.2, 0.25) is 5.02 Å². The van der Waals surface area contributed by atoms with E-state index in [-0.39, 0.29) is 11.7 Å². The maximum absolute atomic E-state index is 13.7. The lowest BCUT2D eigenvalue weighted by Crippen LogP contribution is -2.53. The summed E-state index contributed by atoms with van der Waals surface area (Å²) in [6, 6.07) is 15.6. The Bertz CT molecular complexity index is 1600. The number of nitrogens with one attached hydrogen (secondary N) is 1. The van der Waals surface area contributed by atoms with Gasteiger partial charge in [-0.15, -0.1) is 5.10 Å². The minimum atomic E-state index is -1.34. The fraction of sp³-hybridized carbons (Fsp3) is 0.172. The Morgan fingerprint density at radius 1 is 1.05 bits per heavy atom. The molecular formula is C29H27ClFN7O4. The van der Waals surface area contributed by atoms with Gasteiger partial charge in [-0.05, 0) is 82.9 Å². The number of aromatic nitrogens is 4. The number of carboxylic acids is 1. The summed E-state index contributed by atoms with van der Waals surface area (Å²) < 4.78 is 15.1. The van der Waals surface area contributed by atoms with Crippen LogP contribution in [0.15, 0.2) is 79.1 Å². The van der Waals surface area contributed by atoms with Gasteiger partial charge in [0.2, 0.25) is 11.8 Å². The first-order valence-electron chi connectivity index (χ1n) is 12.7. The van der Waals surface area contributed by atoms with Crippen molar-refractivity contribution in [1.29, 1.82) is 0 Å². The summed E-state index contributed by atoms with van der Waals surface area (Å²) >= 11 is 6.20. The number of hydrogen-bond acceptors (Lipinski definition) is 7. The number of halogens is 2. The number of aromatic carboxylic acids is 1. The Hall–Kier alpha value is -4.94. The molecule has 2 unspecified atom stereocenters. The number of likely N-dealkylation sites (tertiary alicyclic amines) is 1. The second-order valence-corrected chi connectivity index (χ2v) is 9.86. The van der Waals surface area contributed by atoms with Crippen molar-refractivity contribution in [2.45, 2.75) is 24.8 Å². The third-order valence-electron chi connectivity index (χ3n) is 6.86. The first kappa shape index (κ1) is 30.0. The molecule has 1 fully saturated rings. The Balaban J connectivity index is 0.00000405. The minimum Gasteiger partial charge on any atom is -0.545 e. The van der Waals surface area contributed by atoms with Crippen LogP contribution in [0.4, 0.5) is 10.1 Å². The number of nitrogens with zero attached hydrogens (tertiary/aromatic N) is 5. The summed E-state index contributed by atoms with van der Waals surface area (Å²) in [4.78, 5) is 39.9. The third kappa shape index (κ3) is 6.67. The molecule has 13 heteroatoms. The van der Waals surface area contributed by atoms with Gasteiger partial charge in [0.25, 0.3) is 0 Å². The van der Waals surface area contributed by atoms with Gasteiger partial charge in [0, 0.05) is 34.8 Å². The Morgan fingerprint density at radius 2 is 1.79 bits per heavy atom. The van der Waals surface area contributed by atoms with Gasteiger partial charge < -0.3 is 26.3 Å². The molecule has 1 aromatic heterocycles. The molecule has 0 bridgehead atoms. The quantitative estimate of drug-likeness (QED) is 0.309. The molecular weight excluding hydrogens is 565 g/mol. The predicted molar refractivity (Wildman–Crippen MR) is 152 cm³/mol. The van der Waals surface area contributed by atoms with Gasteiger partial charge in [-0.2, -0.15) is 4.68 Å². The average Bonchev–Trinajstić information content (AvgIpc) is 3.51. The molecule has 5 rings (SSSR count). The highest BCUT2D eigenvalue weighted by atomic mass is 35.5. The van der Waals surface area contributed by atoms with E-state index < -0.39 is 35.6 Å². The van der Waals surface area contributed by atoms with Gasteiger partial charge in [0.15, 0.2) is 0 Å². The van der Waals surface area contributed by atoms with Crippen molar-refractivity contribution in [2.75, 3.05) is 11.9 Å². The van der Waals surface area contributed by atoms with Crippen molar-refractivity contribution in [3.8, 4) is 5.69 Å². The van der Waals surface area contributed by atoms with Crippen LogP contribution in [-0.2, 0) is 9.59 Å². The molecule has 3 aromatic carbocycles. The highest BCUT2D eigenvalue weighted by Crippen LogP contribution is 2.34. The molecule has 42 heavy (non-hydrogen) atoms. The lowest BCUT2D eigenvalue weighted by Gasteiger charge is -2.40. The van der Waals surface area contributed by atoms with E-state index in [1.54, 1.807) is 36.4 Å². The Kier molecular flexibility index (Phi) is 9.40. The molecule has 2 atom stereocenters. The van der Waals surface area contributed by atoms with Crippen molar-refractivity contribution in [3.63, 3.8) is 0 Å². The van der Waals surface area contributed by atoms with Crippen LogP contribution in [0.1, 0.15) is 40.2 Å². The third-order valence-corrected chi connectivity index (χ3v) is 7.10. The van der Waals surface area contributed by atoms with Crippen molar-refractivity contribution in [3.05, 3.63) is 107 Å². The molecule has 0 saturated carbocycles. The van der Waals surface area contributed by atoms with Crippen molar-refractivity contribution in [1.82, 2.24) is 31.3 Å². The number of carboxylic acid groups (broad SMARTS) is 1. The summed E-state index contributed by atoms with van der Waals surface area (Å²) in [5.74, 6) is -3.02. The molecule has 5 N–H and O–H groups in total. The van der Waals surface area contributed by atoms with E-state index in [1.807, 2.05) is 0 Å². The minimum absolute atomic E-state index is 0. The van der Waals surface area contributed by atoms with Crippen LogP contribution in [0.3, 0.4) is 0 Å². The Labute approximate surface area is 245 Å². The fourth-order valence-corrected chi connectivity index (χ4v) is 5.11. The number of amides is 2. The average molecular weight is 592 g/mol. The van der Waals surface area contributed by atoms with E-state index >= 15 is 0 Å². The molecule has 2 heterocycles. The second-order valence-electron chi connectivity index (χ2n) is 9.42. The number of quaternary nitrogens is 1. The summed E-state index contributed by atoms with van der Waals surface area (Å²) in [5, 5.41) is 25.5. The van der Waals surface area contributed by atoms with E-state index in [4.69, 9.17) is 11.6 Å². The monoisotopic (exact) mass is 591 g/mol. The van der Waals surface area contributed by atoms with Crippen LogP contribution >= 0.6 is 11.6 Å². The van der Waals surface area contributed by atoms with Crippen LogP contribution in [0.5, 0.6) is 0 Å². The highest BCUT2D eigenvalue weighted by molar-refractivity contribution is 6.30. The molecule has 4 aromatic rings. The van der Waals surface area contributed by atoms with Crippen molar-refractivity contribution < 1.29 is 23.9 Å². The van der Waals surface area contributed by atoms with Crippen molar-refractivity contribution >= 4 is 41.1 Å². The van der Waals surface area contributed by atoms with Gasteiger partial charge in [-0.1, -0.05) is 35.9 Å². The van der Waals surface area contributed by atoms with Crippen LogP contribution in [-0.4, -0.2) is 55.5 Å². The van der Waals surface area contributed by atoms with E-state index in [0.29, 0.717) is 41.3 Å². The number of hydrogen-bond donors (Lipinski definition) is 2. The number of piperidine rings is 1. The normalized spacial score (nSPS) is 16.6. The molecule has 0 aliphatic carbocycles. The standard InChI is InChI=1S/C29H24ClFN6O4.H3N/c30-21-8-13-25(37-17-32-34-35-37)20(16-21)7-14-26(38)36-15-1-2-24(18-3-9-22(31)10-4-18)27(36)28(39)33-23-11-5-19(6-12-23)29(40)41;/h3-14,16-17,24,27H,1-2,15H2,(H,33,39)(H,40,41);1H3/b14-7+;. The smallest absolute Gasteiger partial charge is 0.247 e. The van der Waals surface area contributed by atoms with Gasteiger partial charge >= 0.3 is 0 Å². The molecule has 2 amide bonds. The fourth-order valence-electron chi connectivity index (χ4n) is 4.93. The zero-order valence-electron chi connectivity index (χ0n) is 22.5. The molecule has 1 aliphatic heterocycles. The zero-order chi connectivity index (χ0) is 28.9. The molecule has 11 nitrogen and oxygen atoms in total. The number of tetrazole rings is 1. The second kappa shape index (κ2) is 13.1. The predicted octanol–water partition coefficient (Wildman–Crippen LogP) is 3.62. The molecule has 0 spiro atoms. The lowest BCUT2D eigenvalue weighted by atomic mass is 9.82. The lowest BCUT2D eigenvalue weighted by molar-refractivity contribution is -0.255. The van der Waals surface area contributed by atoms with Crippen LogP contribution < -0.4 is 16.6 Å². The van der Waals surface area contributed by atoms with Gasteiger partial charge in [-0.25, -0.2) is 4.39 Å². The summed E-state index contributed by atoms with van der Waals surface area (Å²) in [5.41, 5.74) is 2.22. The topological polar surface area (TPSA) is 170 Å². The Morgan fingerprint density at radius 3 is 2.45 bits per heavy atom. The SMILES string of the molecule is O=C([O-])c1ccc(NC(=O)C2C(c3ccc(F)cc3)CCCN2C(=O)/C=C/c2cc(Cl)ccc2-n2cnnn2)cc1.[NH4+]. The molecule has 216 valence electrons. The zero-order valence-corrected chi connectivity index (χ0v) is 23.2. The first-order valence-corrected chi connectivity index (χ1v) is 13.1. The number of carbonyl (C=O) groups excluding carboxylic acids is 3. The van der Waals surface area contributed by atoms with Crippen LogP contribution in [0, 0.1) is 5.82 Å². The first-order chi connectivity index (χ1) is 19.8. The maximum atomic E-state index is 13.7. The largest absolute Gasteiger partial charge is 0.545 e. The molecule has 1 aliphatic rings. The van der Waals surface area contributed by atoms with Gasteiger partial charge in [0.1, 0.15) is 18.2 Å². The number of rotatable bonds is 7. The number of anilines is 1. The van der Waals surface area contributed by atoms with Gasteiger partial charge in [0.05, 0.1) is 11.7 Å².